The van der Waals surface area contributed by atoms with Gasteiger partial charge in [0.15, 0.2) is 5.78 Å². The highest BCUT2D eigenvalue weighted by Gasteiger charge is 2.40. The Bertz CT molecular complexity index is 916. The summed E-state index contributed by atoms with van der Waals surface area (Å²) < 4.78 is 0. The maximum Gasteiger partial charge on any atom is 0.269 e. The van der Waals surface area contributed by atoms with Crippen molar-refractivity contribution in [2.75, 3.05) is 13.1 Å². The first-order chi connectivity index (χ1) is 16.0. The molecule has 6 unspecified atom stereocenters. The van der Waals surface area contributed by atoms with Gasteiger partial charge in [-0.25, -0.2) is 0 Å². The molecule has 2 fully saturated rings. The van der Waals surface area contributed by atoms with Gasteiger partial charge >= 0.3 is 0 Å². The summed E-state index contributed by atoms with van der Waals surface area (Å²) in [6.07, 6.45) is 4.23. The van der Waals surface area contributed by atoms with Gasteiger partial charge in [-0.3, -0.25) is 20.0 Å². The first-order valence-electron chi connectivity index (χ1n) is 12.7. The molecule has 0 aliphatic heterocycles. The zero-order valence-corrected chi connectivity index (χ0v) is 21.9. The fourth-order valence-electron chi connectivity index (χ4n) is 4.75. The van der Waals surface area contributed by atoms with Crippen molar-refractivity contribution in [1.82, 2.24) is 9.88 Å². The lowest BCUT2D eigenvalue weighted by atomic mass is 9.86. The van der Waals surface area contributed by atoms with Crippen LogP contribution in [0.5, 0.6) is 0 Å². The minimum absolute atomic E-state index is 0.0199. The van der Waals surface area contributed by atoms with E-state index >= 15 is 0 Å². The van der Waals surface area contributed by atoms with Crippen molar-refractivity contribution in [2.24, 2.45) is 23.7 Å². The molecule has 0 bridgehead atoms. The maximum atomic E-state index is 13.2. The Hall–Kier alpha value is -1.79. The normalized spacial score (nSPS) is 23.0. The molecule has 188 valence electrons. The third kappa shape index (κ3) is 6.66. The number of alkyl halides is 1. The van der Waals surface area contributed by atoms with Crippen LogP contribution < -0.4 is 0 Å². The standard InChI is InChI=1S/C27H40ClN3O3/c1-6-9-31(14-24(33)18(5)15(2)11-23(32)21-10-16(21)3)27(34)26(29)25(28)22-13-20(19-7-8-19)12-17(4)30-22/h12-13,15-16,18-19,21,23,25,29,32H,6-11,14H2,1-5H3. The van der Waals surface area contributed by atoms with Crippen LogP contribution in [0, 0.1) is 36.0 Å². The van der Waals surface area contributed by atoms with E-state index < -0.39 is 11.3 Å². The molecule has 0 spiro atoms. The monoisotopic (exact) mass is 489 g/mol. The smallest absolute Gasteiger partial charge is 0.269 e. The molecule has 1 aromatic rings. The number of rotatable bonds is 13. The number of nitrogens with one attached hydrogen (secondary N) is 1. The molecular formula is C27H40ClN3O3. The molecule has 0 radical (unpaired) electrons. The summed E-state index contributed by atoms with van der Waals surface area (Å²) in [4.78, 5) is 32.2. The number of carbonyl (C=O) groups excluding carboxylic acids is 2. The molecular weight excluding hydrogens is 450 g/mol. The van der Waals surface area contributed by atoms with E-state index in [0.29, 0.717) is 42.8 Å². The molecule has 2 aliphatic rings. The lowest BCUT2D eigenvalue weighted by Gasteiger charge is -2.27. The Kier molecular flexibility index (Phi) is 8.91. The second-order valence-corrected chi connectivity index (χ2v) is 11.1. The average Bonchev–Trinajstić information content (AvgIpc) is 3.72. The van der Waals surface area contributed by atoms with Crippen molar-refractivity contribution in [3.8, 4) is 0 Å². The van der Waals surface area contributed by atoms with Crippen LogP contribution >= 0.6 is 11.6 Å². The quantitative estimate of drug-likeness (QED) is 0.299. The van der Waals surface area contributed by atoms with E-state index in [1.54, 1.807) is 0 Å². The van der Waals surface area contributed by atoms with Gasteiger partial charge in [0.1, 0.15) is 11.1 Å². The van der Waals surface area contributed by atoms with E-state index in [2.05, 4.69) is 11.9 Å². The number of halogens is 1. The van der Waals surface area contributed by atoms with Gasteiger partial charge in [-0.15, -0.1) is 11.6 Å². The van der Waals surface area contributed by atoms with Crippen LogP contribution in [0.1, 0.15) is 88.0 Å². The largest absolute Gasteiger partial charge is 0.393 e. The topological polar surface area (TPSA) is 94.4 Å². The van der Waals surface area contributed by atoms with E-state index in [4.69, 9.17) is 17.0 Å². The Labute approximate surface area is 209 Å². The number of hydrogen-bond donors (Lipinski definition) is 2. The molecule has 6 nitrogen and oxygen atoms in total. The first-order valence-corrected chi connectivity index (χ1v) is 13.2. The molecule has 2 aliphatic carbocycles. The fourth-order valence-corrected chi connectivity index (χ4v) is 4.95. The Morgan fingerprint density at radius 2 is 1.94 bits per heavy atom. The van der Waals surface area contributed by atoms with Gasteiger partial charge in [-0.1, -0.05) is 27.7 Å². The molecule has 1 aromatic heterocycles. The van der Waals surface area contributed by atoms with Crippen LogP contribution in [-0.4, -0.2) is 51.6 Å². The summed E-state index contributed by atoms with van der Waals surface area (Å²) in [5.41, 5.74) is 2.27. The summed E-state index contributed by atoms with van der Waals surface area (Å²) in [5, 5.41) is 18.0. The van der Waals surface area contributed by atoms with Crippen LogP contribution in [0.4, 0.5) is 0 Å². The van der Waals surface area contributed by atoms with Crippen LogP contribution in [0.25, 0.3) is 0 Å². The number of pyridine rings is 1. The van der Waals surface area contributed by atoms with Crippen molar-refractivity contribution in [1.29, 1.82) is 5.41 Å². The average molecular weight is 490 g/mol. The minimum Gasteiger partial charge on any atom is -0.393 e. The fraction of sp³-hybridized carbons (Fsp3) is 0.704. The molecule has 2 saturated carbocycles. The molecule has 34 heavy (non-hydrogen) atoms. The molecule has 3 rings (SSSR count). The Balaban J connectivity index is 1.63. The molecule has 7 heteroatoms. The number of ketones is 1. The number of hydrogen-bond acceptors (Lipinski definition) is 5. The number of Topliss-reactive ketones (excluding diaryl/α,β-unsaturated/α-hetero) is 1. The third-order valence-corrected chi connectivity index (χ3v) is 8.00. The van der Waals surface area contributed by atoms with Gasteiger partial charge in [-0.2, -0.15) is 0 Å². The van der Waals surface area contributed by atoms with Crippen molar-refractivity contribution >= 4 is 29.0 Å². The number of aliphatic hydroxyl groups is 1. The highest BCUT2D eigenvalue weighted by molar-refractivity contribution is 6.49. The minimum atomic E-state index is -0.952. The number of aromatic nitrogens is 1. The van der Waals surface area contributed by atoms with Crippen molar-refractivity contribution in [3.05, 3.63) is 29.1 Å². The molecule has 0 saturated heterocycles. The summed E-state index contributed by atoms with van der Waals surface area (Å²) in [6.45, 7) is 10.2. The highest BCUT2D eigenvalue weighted by Crippen LogP contribution is 2.43. The van der Waals surface area contributed by atoms with E-state index in [1.165, 1.54) is 10.5 Å². The molecule has 6 atom stereocenters. The number of aryl methyl sites for hydroxylation is 1. The van der Waals surface area contributed by atoms with Crippen LogP contribution in [-0.2, 0) is 9.59 Å². The molecule has 0 aromatic carbocycles. The van der Waals surface area contributed by atoms with Gasteiger partial charge in [0.05, 0.1) is 18.3 Å². The summed E-state index contributed by atoms with van der Waals surface area (Å²) in [6, 6.07) is 3.96. The molecule has 2 N–H and O–H groups in total. The van der Waals surface area contributed by atoms with Crippen molar-refractivity contribution < 1.29 is 14.7 Å². The molecule has 1 amide bonds. The summed E-state index contributed by atoms with van der Waals surface area (Å²) >= 11 is 6.57. The summed E-state index contributed by atoms with van der Waals surface area (Å²) in [5.74, 6) is 0.604. The van der Waals surface area contributed by atoms with E-state index in [9.17, 15) is 14.7 Å². The second-order valence-electron chi connectivity index (χ2n) is 10.7. The predicted octanol–water partition coefficient (Wildman–Crippen LogP) is 5.05. The van der Waals surface area contributed by atoms with Gasteiger partial charge in [-0.05, 0) is 80.4 Å². The van der Waals surface area contributed by atoms with Gasteiger partial charge < -0.3 is 10.0 Å². The van der Waals surface area contributed by atoms with Crippen LogP contribution in [0.2, 0.25) is 0 Å². The number of carbonyl (C=O) groups is 2. The van der Waals surface area contributed by atoms with Gasteiger partial charge in [0.25, 0.3) is 5.91 Å². The number of nitrogens with zero attached hydrogens (tertiary/aromatic N) is 2. The lowest BCUT2D eigenvalue weighted by Crippen LogP contribution is -2.43. The van der Waals surface area contributed by atoms with E-state index in [-0.39, 0.29) is 36.0 Å². The summed E-state index contributed by atoms with van der Waals surface area (Å²) in [7, 11) is 0. The van der Waals surface area contributed by atoms with Crippen LogP contribution in [0.15, 0.2) is 12.1 Å². The second kappa shape index (κ2) is 11.3. The SMILES string of the molecule is CCCN(CC(=O)C(C)C(C)CC(O)C1CC1C)C(=O)C(=N)C(Cl)c1cc(C2CC2)cc(C)n1. The molecule has 1 heterocycles. The van der Waals surface area contributed by atoms with Gasteiger partial charge in [0.2, 0.25) is 0 Å². The first kappa shape index (κ1) is 26.8. The van der Waals surface area contributed by atoms with Gasteiger partial charge in [0, 0.05) is 18.2 Å². The Morgan fingerprint density at radius 3 is 2.50 bits per heavy atom. The van der Waals surface area contributed by atoms with Crippen LogP contribution in [0.3, 0.4) is 0 Å². The lowest BCUT2D eigenvalue weighted by molar-refractivity contribution is -0.132. The zero-order valence-electron chi connectivity index (χ0n) is 21.2. The van der Waals surface area contributed by atoms with E-state index in [0.717, 1.165) is 25.0 Å². The third-order valence-electron chi connectivity index (χ3n) is 7.56. The van der Waals surface area contributed by atoms with Crippen molar-refractivity contribution in [3.63, 3.8) is 0 Å². The Morgan fingerprint density at radius 1 is 1.29 bits per heavy atom. The van der Waals surface area contributed by atoms with Crippen molar-refractivity contribution in [2.45, 2.75) is 84.1 Å². The highest BCUT2D eigenvalue weighted by atomic mass is 35.5. The maximum absolute atomic E-state index is 13.2. The number of amides is 1. The predicted molar refractivity (Wildman–Crippen MR) is 135 cm³/mol. The zero-order chi connectivity index (χ0) is 25.2. The van der Waals surface area contributed by atoms with E-state index in [1.807, 2.05) is 39.8 Å². The number of aliphatic hydroxyl groups excluding tert-OH is 1.